The topological polar surface area (TPSA) is 49.2 Å². The average Bonchev–Trinajstić information content (AvgIpc) is 2.82. The van der Waals surface area contributed by atoms with Crippen LogP contribution in [0.3, 0.4) is 0 Å². The zero-order chi connectivity index (χ0) is 10.7. The first kappa shape index (κ1) is 10.4. The molecule has 1 heterocycles. The lowest BCUT2D eigenvalue weighted by molar-refractivity contribution is 0.276. The Morgan fingerprint density at radius 3 is 2.60 bits per heavy atom. The summed E-state index contributed by atoms with van der Waals surface area (Å²) in [6, 6.07) is 0.610. The van der Waals surface area contributed by atoms with E-state index in [1.807, 2.05) is 0 Å². The van der Waals surface area contributed by atoms with E-state index in [0.29, 0.717) is 11.7 Å². The summed E-state index contributed by atoms with van der Waals surface area (Å²) in [5.41, 5.74) is 0.624. The minimum absolute atomic E-state index is 0.0412. The lowest BCUT2D eigenvalue weighted by Gasteiger charge is -2.24. The molecule has 1 fully saturated rings. The van der Waals surface area contributed by atoms with Crippen molar-refractivity contribution in [3.05, 3.63) is 18.1 Å². The summed E-state index contributed by atoms with van der Waals surface area (Å²) in [6.45, 7) is -0.0412. The second kappa shape index (κ2) is 4.57. The van der Waals surface area contributed by atoms with E-state index in [2.05, 4.69) is 21.9 Å². The van der Waals surface area contributed by atoms with Gasteiger partial charge in [-0.05, 0) is 12.8 Å². The molecule has 0 saturated heterocycles. The summed E-state index contributed by atoms with van der Waals surface area (Å²) in [5, 5.41) is 8.86. The fourth-order valence-corrected chi connectivity index (χ4v) is 2.09. The van der Waals surface area contributed by atoms with Crippen LogP contribution in [-0.2, 0) is 6.61 Å². The normalized spacial score (nSPS) is 16.9. The lowest BCUT2D eigenvalue weighted by Crippen LogP contribution is -2.29. The van der Waals surface area contributed by atoms with Gasteiger partial charge in [-0.15, -0.1) is 0 Å². The number of nitrogens with zero attached hydrogens (tertiary/aromatic N) is 3. The van der Waals surface area contributed by atoms with E-state index in [9.17, 15) is 0 Å². The fraction of sp³-hybridized carbons (Fsp3) is 0.636. The molecule has 0 bridgehead atoms. The Morgan fingerprint density at radius 2 is 2.07 bits per heavy atom. The third-order valence-corrected chi connectivity index (χ3v) is 3.09. The number of aliphatic hydroxyl groups is 1. The van der Waals surface area contributed by atoms with E-state index in [1.165, 1.54) is 25.7 Å². The van der Waals surface area contributed by atoms with Crippen LogP contribution >= 0.6 is 0 Å². The van der Waals surface area contributed by atoms with Crippen LogP contribution in [0.1, 0.15) is 31.4 Å². The number of hydrogen-bond acceptors (Lipinski definition) is 4. The van der Waals surface area contributed by atoms with Crippen molar-refractivity contribution in [2.45, 2.75) is 38.3 Å². The van der Waals surface area contributed by atoms with Gasteiger partial charge in [-0.2, -0.15) is 0 Å². The van der Waals surface area contributed by atoms with Crippen molar-refractivity contribution in [1.82, 2.24) is 9.97 Å². The quantitative estimate of drug-likeness (QED) is 0.812. The largest absolute Gasteiger partial charge is 0.390 e. The van der Waals surface area contributed by atoms with Gasteiger partial charge in [-0.3, -0.25) is 4.98 Å². The molecule has 0 unspecified atom stereocenters. The maximum atomic E-state index is 8.86. The van der Waals surface area contributed by atoms with E-state index in [1.54, 1.807) is 12.4 Å². The maximum Gasteiger partial charge on any atom is 0.147 e. The van der Waals surface area contributed by atoms with Gasteiger partial charge in [0.1, 0.15) is 5.82 Å². The van der Waals surface area contributed by atoms with Gasteiger partial charge < -0.3 is 10.0 Å². The van der Waals surface area contributed by atoms with E-state index < -0.39 is 0 Å². The molecule has 0 spiro atoms. The fourth-order valence-electron chi connectivity index (χ4n) is 2.09. The van der Waals surface area contributed by atoms with Crippen molar-refractivity contribution in [1.29, 1.82) is 0 Å². The van der Waals surface area contributed by atoms with Gasteiger partial charge in [0.05, 0.1) is 24.7 Å². The summed E-state index contributed by atoms with van der Waals surface area (Å²) in [6.07, 6.45) is 8.51. The number of anilines is 1. The van der Waals surface area contributed by atoms with Crippen LogP contribution in [0.5, 0.6) is 0 Å². The third-order valence-electron chi connectivity index (χ3n) is 3.09. The van der Waals surface area contributed by atoms with Crippen molar-refractivity contribution in [2.24, 2.45) is 0 Å². The molecule has 0 aromatic carbocycles. The average molecular weight is 207 g/mol. The second-order valence-electron chi connectivity index (χ2n) is 4.07. The molecule has 2 rings (SSSR count). The molecule has 1 aliphatic rings. The molecule has 4 heteroatoms. The Labute approximate surface area is 90.0 Å². The number of hydrogen-bond donors (Lipinski definition) is 1. The van der Waals surface area contributed by atoms with Crippen molar-refractivity contribution < 1.29 is 5.11 Å². The van der Waals surface area contributed by atoms with Crippen LogP contribution in [0.15, 0.2) is 12.4 Å². The van der Waals surface area contributed by atoms with Crippen LogP contribution in [0, 0.1) is 0 Å². The Morgan fingerprint density at radius 1 is 1.33 bits per heavy atom. The van der Waals surface area contributed by atoms with E-state index in [4.69, 9.17) is 5.11 Å². The Hall–Kier alpha value is -1.16. The molecule has 1 N–H and O–H groups in total. The van der Waals surface area contributed by atoms with Gasteiger partial charge >= 0.3 is 0 Å². The highest BCUT2D eigenvalue weighted by molar-refractivity contribution is 5.36. The monoisotopic (exact) mass is 207 g/mol. The molecular weight excluding hydrogens is 190 g/mol. The van der Waals surface area contributed by atoms with Crippen molar-refractivity contribution in [3.63, 3.8) is 0 Å². The van der Waals surface area contributed by atoms with Gasteiger partial charge in [0.2, 0.25) is 0 Å². The molecule has 0 atom stereocenters. The Kier molecular flexibility index (Phi) is 3.16. The standard InChI is InChI=1S/C11H17N3O/c1-14(10-4-2-3-5-10)11-7-12-9(8-15)6-13-11/h6-7,10,15H,2-5,8H2,1H3. The first-order valence-corrected chi connectivity index (χ1v) is 5.46. The van der Waals surface area contributed by atoms with Gasteiger partial charge in [0.25, 0.3) is 0 Å². The highest BCUT2D eigenvalue weighted by Gasteiger charge is 2.20. The first-order chi connectivity index (χ1) is 7.31. The summed E-state index contributed by atoms with van der Waals surface area (Å²) in [4.78, 5) is 10.6. The molecule has 4 nitrogen and oxygen atoms in total. The van der Waals surface area contributed by atoms with Gasteiger partial charge in [-0.25, -0.2) is 4.98 Å². The minimum Gasteiger partial charge on any atom is -0.390 e. The molecule has 1 aliphatic carbocycles. The van der Waals surface area contributed by atoms with E-state index >= 15 is 0 Å². The summed E-state index contributed by atoms with van der Waals surface area (Å²) >= 11 is 0. The minimum atomic E-state index is -0.0412. The predicted molar refractivity (Wildman–Crippen MR) is 58.6 cm³/mol. The van der Waals surface area contributed by atoms with Crippen LogP contribution in [-0.4, -0.2) is 28.2 Å². The summed E-state index contributed by atoms with van der Waals surface area (Å²) in [7, 11) is 2.07. The van der Waals surface area contributed by atoms with Crippen LogP contribution in [0.2, 0.25) is 0 Å². The zero-order valence-corrected chi connectivity index (χ0v) is 9.06. The molecular formula is C11H17N3O. The van der Waals surface area contributed by atoms with Crippen molar-refractivity contribution in [2.75, 3.05) is 11.9 Å². The predicted octanol–water partition coefficient (Wildman–Crippen LogP) is 1.35. The van der Waals surface area contributed by atoms with Crippen LogP contribution in [0.4, 0.5) is 5.82 Å². The Bertz CT molecular complexity index is 306. The van der Waals surface area contributed by atoms with E-state index in [0.717, 1.165) is 5.82 Å². The van der Waals surface area contributed by atoms with Crippen LogP contribution in [0.25, 0.3) is 0 Å². The number of aromatic nitrogens is 2. The van der Waals surface area contributed by atoms with Gasteiger partial charge in [0, 0.05) is 13.1 Å². The molecule has 1 saturated carbocycles. The molecule has 82 valence electrons. The highest BCUT2D eigenvalue weighted by atomic mass is 16.3. The lowest BCUT2D eigenvalue weighted by atomic mass is 10.2. The molecule has 0 amide bonds. The van der Waals surface area contributed by atoms with Gasteiger partial charge in [0.15, 0.2) is 0 Å². The SMILES string of the molecule is CN(c1cnc(CO)cn1)C1CCCC1. The van der Waals surface area contributed by atoms with Gasteiger partial charge in [-0.1, -0.05) is 12.8 Å². The highest BCUT2D eigenvalue weighted by Crippen LogP contribution is 2.25. The van der Waals surface area contributed by atoms with Crippen LogP contribution < -0.4 is 4.90 Å². The molecule has 1 aromatic rings. The molecule has 1 aromatic heterocycles. The summed E-state index contributed by atoms with van der Waals surface area (Å²) in [5.74, 6) is 0.902. The number of aliphatic hydroxyl groups excluding tert-OH is 1. The van der Waals surface area contributed by atoms with Crippen molar-refractivity contribution in [3.8, 4) is 0 Å². The van der Waals surface area contributed by atoms with E-state index in [-0.39, 0.29) is 6.61 Å². The maximum absolute atomic E-state index is 8.86. The smallest absolute Gasteiger partial charge is 0.147 e. The molecule has 0 radical (unpaired) electrons. The first-order valence-electron chi connectivity index (χ1n) is 5.46. The summed E-state index contributed by atoms with van der Waals surface area (Å²) < 4.78 is 0. The zero-order valence-electron chi connectivity index (χ0n) is 9.06. The van der Waals surface area contributed by atoms with Crippen molar-refractivity contribution >= 4 is 5.82 Å². The number of rotatable bonds is 3. The second-order valence-corrected chi connectivity index (χ2v) is 4.07. The Balaban J connectivity index is 2.07. The molecule has 15 heavy (non-hydrogen) atoms. The molecule has 0 aliphatic heterocycles. The third kappa shape index (κ3) is 2.26.